The highest BCUT2D eigenvalue weighted by atomic mass is 35.5. The number of halogens is 1. The Labute approximate surface area is 124 Å². The van der Waals surface area contributed by atoms with Crippen LogP contribution in [0.25, 0.3) is 5.95 Å². The molecule has 0 saturated carbocycles. The van der Waals surface area contributed by atoms with Gasteiger partial charge >= 0.3 is 6.01 Å². The molecule has 3 rings (SSSR count). The van der Waals surface area contributed by atoms with Crippen molar-refractivity contribution in [1.29, 1.82) is 5.26 Å². The topological polar surface area (TPSA) is 89.5 Å². The van der Waals surface area contributed by atoms with Crippen molar-refractivity contribution in [2.24, 2.45) is 0 Å². The molecule has 7 nitrogen and oxygen atoms in total. The van der Waals surface area contributed by atoms with E-state index in [4.69, 9.17) is 21.6 Å². The smallest absolute Gasteiger partial charge is 0.328 e. The van der Waals surface area contributed by atoms with Crippen molar-refractivity contribution in [2.45, 2.75) is 0 Å². The van der Waals surface area contributed by atoms with E-state index in [1.165, 1.54) is 6.33 Å². The van der Waals surface area contributed by atoms with E-state index in [1.54, 1.807) is 41.2 Å². The van der Waals surface area contributed by atoms with Crippen molar-refractivity contribution in [3.8, 4) is 23.8 Å². The number of nitrogens with zero attached hydrogens (tertiary/aromatic N) is 6. The van der Waals surface area contributed by atoms with Gasteiger partial charge in [-0.15, -0.1) is 0 Å². The average Bonchev–Trinajstić information content (AvgIpc) is 3.01. The first-order valence-electron chi connectivity index (χ1n) is 5.82. The molecule has 0 amide bonds. The second-order valence-corrected chi connectivity index (χ2v) is 4.24. The monoisotopic (exact) mass is 298 g/mol. The molecule has 0 aliphatic carbocycles. The van der Waals surface area contributed by atoms with E-state index in [1.807, 2.05) is 6.07 Å². The van der Waals surface area contributed by atoms with Gasteiger partial charge in [-0.1, -0.05) is 6.07 Å². The Bertz CT molecular complexity index is 812. The van der Waals surface area contributed by atoms with Gasteiger partial charge in [0.2, 0.25) is 11.2 Å². The molecule has 102 valence electrons. The largest absolute Gasteiger partial charge is 0.424 e. The zero-order chi connectivity index (χ0) is 14.7. The van der Waals surface area contributed by atoms with Crippen molar-refractivity contribution in [1.82, 2.24) is 24.5 Å². The summed E-state index contributed by atoms with van der Waals surface area (Å²) in [6.07, 6.45) is 4.80. The van der Waals surface area contributed by atoms with Crippen LogP contribution in [0.1, 0.15) is 5.56 Å². The third-order valence-electron chi connectivity index (χ3n) is 2.48. The Morgan fingerprint density at radius 2 is 2.14 bits per heavy atom. The normalized spacial score (nSPS) is 10.1. The minimum Gasteiger partial charge on any atom is -0.424 e. The first-order valence-corrected chi connectivity index (χ1v) is 6.20. The number of imidazole rings is 1. The summed E-state index contributed by atoms with van der Waals surface area (Å²) >= 11 is 5.86. The summed E-state index contributed by atoms with van der Waals surface area (Å²) in [5.41, 5.74) is 0.475. The van der Waals surface area contributed by atoms with Crippen LogP contribution in [-0.4, -0.2) is 24.5 Å². The minimum atomic E-state index is 0.000128. The number of hydrogen-bond donors (Lipinski definition) is 0. The third kappa shape index (κ3) is 2.96. The predicted molar refractivity (Wildman–Crippen MR) is 73.2 cm³/mol. The van der Waals surface area contributed by atoms with Crippen LogP contribution in [0.2, 0.25) is 5.28 Å². The van der Waals surface area contributed by atoms with Gasteiger partial charge in [-0.2, -0.15) is 20.2 Å². The minimum absolute atomic E-state index is 0.000128. The number of nitriles is 1. The van der Waals surface area contributed by atoms with Gasteiger partial charge in [0.25, 0.3) is 0 Å². The number of benzene rings is 1. The van der Waals surface area contributed by atoms with E-state index in [0.29, 0.717) is 17.3 Å². The molecule has 8 heteroatoms. The second-order valence-electron chi connectivity index (χ2n) is 3.90. The molecule has 0 aliphatic heterocycles. The highest BCUT2D eigenvalue weighted by Crippen LogP contribution is 2.20. The molecule has 0 atom stereocenters. The van der Waals surface area contributed by atoms with Gasteiger partial charge in [0, 0.05) is 12.4 Å². The van der Waals surface area contributed by atoms with Crippen molar-refractivity contribution in [2.75, 3.05) is 0 Å². The summed E-state index contributed by atoms with van der Waals surface area (Å²) in [4.78, 5) is 15.9. The molecule has 0 N–H and O–H groups in total. The van der Waals surface area contributed by atoms with Crippen LogP contribution in [0.4, 0.5) is 0 Å². The van der Waals surface area contributed by atoms with Gasteiger partial charge < -0.3 is 4.74 Å². The van der Waals surface area contributed by atoms with E-state index in [9.17, 15) is 0 Å². The molecule has 0 bridgehead atoms. The van der Waals surface area contributed by atoms with Gasteiger partial charge in [-0.3, -0.25) is 4.57 Å². The highest BCUT2D eigenvalue weighted by molar-refractivity contribution is 6.28. The van der Waals surface area contributed by atoms with E-state index >= 15 is 0 Å². The maximum Gasteiger partial charge on any atom is 0.328 e. The SMILES string of the molecule is N#Cc1cccc(Oc2nc(Cl)nc(-n3ccnc3)n2)c1. The fourth-order valence-corrected chi connectivity index (χ4v) is 1.74. The van der Waals surface area contributed by atoms with Crippen LogP contribution in [0, 0.1) is 11.3 Å². The Morgan fingerprint density at radius 3 is 2.90 bits per heavy atom. The molecule has 3 aromatic rings. The van der Waals surface area contributed by atoms with Gasteiger partial charge in [-0.05, 0) is 29.8 Å². The molecule has 21 heavy (non-hydrogen) atoms. The lowest BCUT2D eigenvalue weighted by Gasteiger charge is -2.06. The zero-order valence-corrected chi connectivity index (χ0v) is 11.3. The highest BCUT2D eigenvalue weighted by Gasteiger charge is 2.09. The van der Waals surface area contributed by atoms with Crippen LogP contribution in [0.5, 0.6) is 11.8 Å². The molecular weight excluding hydrogens is 292 g/mol. The lowest BCUT2D eigenvalue weighted by molar-refractivity contribution is 0.438. The summed E-state index contributed by atoms with van der Waals surface area (Å²) in [5.74, 6) is 0.729. The predicted octanol–water partition coefficient (Wildman–Crippen LogP) is 2.37. The van der Waals surface area contributed by atoms with Gasteiger partial charge in [0.1, 0.15) is 12.1 Å². The van der Waals surface area contributed by atoms with E-state index in [2.05, 4.69) is 19.9 Å². The maximum atomic E-state index is 8.86. The molecule has 0 radical (unpaired) electrons. The Morgan fingerprint density at radius 1 is 1.24 bits per heavy atom. The Hall–Kier alpha value is -2.98. The number of aromatic nitrogens is 5. The summed E-state index contributed by atoms with van der Waals surface area (Å²) in [7, 11) is 0. The third-order valence-corrected chi connectivity index (χ3v) is 2.65. The molecule has 0 fully saturated rings. The molecule has 0 unspecified atom stereocenters. The summed E-state index contributed by atoms with van der Waals surface area (Å²) in [5, 5.41) is 8.86. The second kappa shape index (κ2) is 5.56. The molecule has 0 saturated heterocycles. The fraction of sp³-hybridized carbons (Fsp3) is 0. The lowest BCUT2D eigenvalue weighted by Crippen LogP contribution is -2.03. The molecule has 2 heterocycles. The molecule has 2 aromatic heterocycles. The van der Waals surface area contributed by atoms with Crippen LogP contribution in [0.3, 0.4) is 0 Å². The standard InChI is InChI=1S/C13H7ClN6O/c14-11-17-12(20-5-4-16-8-20)19-13(18-11)21-10-3-1-2-9(6-10)7-15/h1-6,8H. The van der Waals surface area contributed by atoms with Crippen LogP contribution in [0.15, 0.2) is 43.0 Å². The Balaban J connectivity index is 1.94. The zero-order valence-electron chi connectivity index (χ0n) is 10.5. The van der Waals surface area contributed by atoms with Crippen molar-refractivity contribution in [3.63, 3.8) is 0 Å². The number of hydrogen-bond acceptors (Lipinski definition) is 6. The lowest BCUT2D eigenvalue weighted by atomic mass is 10.2. The fourth-order valence-electron chi connectivity index (χ4n) is 1.60. The van der Waals surface area contributed by atoms with Crippen molar-refractivity contribution >= 4 is 11.6 Å². The summed E-state index contributed by atoms with van der Waals surface area (Å²) in [6, 6.07) is 8.70. The summed E-state index contributed by atoms with van der Waals surface area (Å²) < 4.78 is 7.08. The molecular formula is C13H7ClN6O. The van der Waals surface area contributed by atoms with E-state index in [0.717, 1.165) is 0 Å². The van der Waals surface area contributed by atoms with Crippen LogP contribution >= 0.6 is 11.6 Å². The van der Waals surface area contributed by atoms with Crippen molar-refractivity contribution in [3.05, 3.63) is 53.8 Å². The quantitative estimate of drug-likeness (QED) is 0.737. The van der Waals surface area contributed by atoms with Gasteiger partial charge in [0.15, 0.2) is 0 Å². The summed E-state index contributed by atoms with van der Waals surface area (Å²) in [6.45, 7) is 0. The first-order chi connectivity index (χ1) is 10.2. The first kappa shape index (κ1) is 13.0. The number of rotatable bonds is 3. The van der Waals surface area contributed by atoms with Crippen molar-refractivity contribution < 1.29 is 4.74 Å². The Kier molecular flexibility index (Phi) is 3.45. The van der Waals surface area contributed by atoms with Crippen LogP contribution in [-0.2, 0) is 0 Å². The molecule has 0 spiro atoms. The van der Waals surface area contributed by atoms with Gasteiger partial charge in [-0.25, -0.2) is 4.98 Å². The maximum absolute atomic E-state index is 8.86. The van der Waals surface area contributed by atoms with E-state index in [-0.39, 0.29) is 11.3 Å². The van der Waals surface area contributed by atoms with Gasteiger partial charge in [0.05, 0.1) is 11.6 Å². The average molecular weight is 299 g/mol. The van der Waals surface area contributed by atoms with E-state index < -0.39 is 0 Å². The molecule has 0 aliphatic rings. The number of ether oxygens (including phenoxy) is 1. The molecule has 1 aromatic carbocycles. The van der Waals surface area contributed by atoms with Crippen LogP contribution < -0.4 is 4.74 Å².